The van der Waals surface area contributed by atoms with Gasteiger partial charge in [0, 0.05) is 17.5 Å². The van der Waals surface area contributed by atoms with Crippen molar-refractivity contribution in [3.8, 4) is 0 Å². The summed E-state index contributed by atoms with van der Waals surface area (Å²) >= 11 is 0. The normalized spacial score (nSPS) is 12.2. The Hall–Kier alpha value is -0.880. The van der Waals surface area contributed by atoms with Gasteiger partial charge in [-0.25, -0.2) is 17.9 Å². The van der Waals surface area contributed by atoms with E-state index in [0.717, 1.165) is 6.26 Å². The van der Waals surface area contributed by atoms with E-state index in [1.807, 2.05) is 0 Å². The highest BCUT2D eigenvalue weighted by molar-refractivity contribution is 7.88. The van der Waals surface area contributed by atoms with Crippen LogP contribution in [0.3, 0.4) is 0 Å². The summed E-state index contributed by atoms with van der Waals surface area (Å²) in [6.07, 6.45) is 1.09. The summed E-state index contributed by atoms with van der Waals surface area (Å²) in [6.45, 7) is 8.98. The molecule has 0 aromatic carbocycles. The number of esters is 1. The first-order chi connectivity index (χ1) is 7.03. The van der Waals surface area contributed by atoms with Crippen LogP contribution in [0.5, 0.6) is 0 Å². The zero-order valence-electron chi connectivity index (χ0n) is 10.2. The molecule has 0 saturated carbocycles. The minimum Gasteiger partial charge on any atom is -0.462 e. The number of hydrogen-bond acceptors (Lipinski definition) is 4. The van der Waals surface area contributed by atoms with Gasteiger partial charge in [-0.15, -0.1) is 0 Å². The van der Waals surface area contributed by atoms with Crippen LogP contribution >= 0.6 is 0 Å². The lowest BCUT2D eigenvalue weighted by atomic mass is 9.95. The van der Waals surface area contributed by atoms with Crippen molar-refractivity contribution in [1.29, 1.82) is 0 Å². The predicted octanol–water partition coefficient (Wildman–Crippen LogP) is 0.681. The van der Waals surface area contributed by atoms with Crippen LogP contribution in [0.25, 0.3) is 0 Å². The molecule has 0 rings (SSSR count). The molecule has 0 aliphatic carbocycles. The van der Waals surface area contributed by atoms with Crippen LogP contribution in [0, 0.1) is 5.41 Å². The van der Waals surface area contributed by atoms with Crippen molar-refractivity contribution >= 4 is 16.0 Å². The molecule has 0 spiro atoms. The molecule has 0 aromatic heterocycles. The molecular weight excluding hydrogens is 230 g/mol. The van der Waals surface area contributed by atoms with Crippen molar-refractivity contribution in [3.05, 3.63) is 12.2 Å². The van der Waals surface area contributed by atoms with Crippen LogP contribution in [-0.2, 0) is 19.6 Å². The molecule has 0 aromatic rings. The zero-order valence-corrected chi connectivity index (χ0v) is 11.0. The maximum atomic E-state index is 11.1. The Morgan fingerprint density at radius 3 is 2.31 bits per heavy atom. The Labute approximate surface area is 96.9 Å². The average Bonchev–Trinajstić information content (AvgIpc) is 2.10. The second kappa shape index (κ2) is 5.45. The van der Waals surface area contributed by atoms with Gasteiger partial charge in [0.25, 0.3) is 0 Å². The van der Waals surface area contributed by atoms with Crippen molar-refractivity contribution < 1.29 is 17.9 Å². The standard InChI is InChI=1S/C10H19NO4S/c1-8(2)9(12)15-7-10(3,4)6-11-16(5,13)14/h11H,1,6-7H2,2-5H3. The lowest BCUT2D eigenvalue weighted by molar-refractivity contribution is -0.141. The lowest BCUT2D eigenvalue weighted by Crippen LogP contribution is -2.36. The van der Waals surface area contributed by atoms with E-state index < -0.39 is 21.4 Å². The number of sulfonamides is 1. The Kier molecular flexibility index (Phi) is 5.15. The first kappa shape index (κ1) is 15.1. The smallest absolute Gasteiger partial charge is 0.333 e. The Bertz CT molecular complexity index is 370. The SMILES string of the molecule is C=C(C)C(=O)OCC(C)(C)CNS(C)(=O)=O. The first-order valence-electron chi connectivity index (χ1n) is 4.81. The molecule has 0 bridgehead atoms. The van der Waals surface area contributed by atoms with E-state index in [-0.39, 0.29) is 13.2 Å². The molecule has 16 heavy (non-hydrogen) atoms. The summed E-state index contributed by atoms with van der Waals surface area (Å²) in [4.78, 5) is 11.1. The van der Waals surface area contributed by atoms with E-state index in [9.17, 15) is 13.2 Å². The minimum absolute atomic E-state index is 0.140. The third kappa shape index (κ3) is 7.42. The van der Waals surface area contributed by atoms with E-state index in [2.05, 4.69) is 11.3 Å². The second-order valence-electron chi connectivity index (χ2n) is 4.61. The van der Waals surface area contributed by atoms with E-state index in [1.54, 1.807) is 20.8 Å². The molecule has 94 valence electrons. The van der Waals surface area contributed by atoms with E-state index in [4.69, 9.17) is 4.74 Å². The topological polar surface area (TPSA) is 72.5 Å². The van der Waals surface area contributed by atoms with Gasteiger partial charge in [0.05, 0.1) is 12.9 Å². The molecule has 0 amide bonds. The third-order valence-corrected chi connectivity index (χ3v) is 2.42. The van der Waals surface area contributed by atoms with E-state index in [1.165, 1.54) is 0 Å². The quantitative estimate of drug-likeness (QED) is 0.555. The van der Waals surface area contributed by atoms with Gasteiger partial charge in [0.1, 0.15) is 0 Å². The van der Waals surface area contributed by atoms with Crippen LogP contribution in [-0.4, -0.2) is 33.8 Å². The highest BCUT2D eigenvalue weighted by atomic mass is 32.2. The lowest BCUT2D eigenvalue weighted by Gasteiger charge is -2.23. The van der Waals surface area contributed by atoms with Crippen molar-refractivity contribution in [3.63, 3.8) is 0 Å². The average molecular weight is 249 g/mol. The third-order valence-electron chi connectivity index (χ3n) is 1.76. The fourth-order valence-electron chi connectivity index (χ4n) is 0.762. The molecule has 0 fully saturated rings. The molecule has 5 nitrogen and oxygen atoms in total. The second-order valence-corrected chi connectivity index (χ2v) is 6.45. The van der Waals surface area contributed by atoms with Gasteiger partial charge in [-0.05, 0) is 6.92 Å². The monoisotopic (exact) mass is 249 g/mol. The Morgan fingerprint density at radius 2 is 1.94 bits per heavy atom. The number of ether oxygens (including phenoxy) is 1. The van der Waals surface area contributed by atoms with Crippen LogP contribution < -0.4 is 4.72 Å². The minimum atomic E-state index is -3.22. The Morgan fingerprint density at radius 1 is 1.44 bits per heavy atom. The molecule has 0 heterocycles. The maximum Gasteiger partial charge on any atom is 0.333 e. The maximum absolute atomic E-state index is 11.1. The number of carbonyl (C=O) groups is 1. The van der Waals surface area contributed by atoms with Gasteiger partial charge >= 0.3 is 5.97 Å². The largest absolute Gasteiger partial charge is 0.462 e. The van der Waals surface area contributed by atoms with Crippen molar-refractivity contribution in [2.45, 2.75) is 20.8 Å². The van der Waals surface area contributed by atoms with Crippen molar-refractivity contribution in [2.24, 2.45) is 5.41 Å². The zero-order chi connectivity index (χ0) is 13.0. The molecule has 0 radical (unpaired) electrons. The first-order valence-corrected chi connectivity index (χ1v) is 6.70. The fourth-order valence-corrected chi connectivity index (χ4v) is 1.41. The van der Waals surface area contributed by atoms with Gasteiger partial charge in [-0.3, -0.25) is 0 Å². The van der Waals surface area contributed by atoms with Crippen LogP contribution in [0.2, 0.25) is 0 Å². The summed E-state index contributed by atoms with van der Waals surface area (Å²) in [7, 11) is -3.22. The van der Waals surface area contributed by atoms with Crippen molar-refractivity contribution in [2.75, 3.05) is 19.4 Å². The van der Waals surface area contributed by atoms with Gasteiger partial charge in [-0.2, -0.15) is 0 Å². The highest BCUT2D eigenvalue weighted by Gasteiger charge is 2.22. The fraction of sp³-hybridized carbons (Fsp3) is 0.700. The predicted molar refractivity (Wildman–Crippen MR) is 62.4 cm³/mol. The summed E-state index contributed by atoms with van der Waals surface area (Å²) in [5.74, 6) is -0.465. The van der Waals surface area contributed by atoms with Gasteiger partial charge in [-0.1, -0.05) is 20.4 Å². The Balaban J connectivity index is 4.15. The van der Waals surface area contributed by atoms with Crippen molar-refractivity contribution in [1.82, 2.24) is 4.72 Å². The van der Waals surface area contributed by atoms with Gasteiger partial charge in [0.2, 0.25) is 10.0 Å². The molecule has 6 heteroatoms. The van der Waals surface area contributed by atoms with Gasteiger partial charge in [0.15, 0.2) is 0 Å². The molecule has 0 unspecified atom stereocenters. The molecular formula is C10H19NO4S. The van der Waals surface area contributed by atoms with Gasteiger partial charge < -0.3 is 4.74 Å². The number of carbonyl (C=O) groups excluding carboxylic acids is 1. The molecule has 0 saturated heterocycles. The molecule has 0 atom stereocenters. The van der Waals surface area contributed by atoms with Crippen LogP contribution in [0.1, 0.15) is 20.8 Å². The number of nitrogens with one attached hydrogen (secondary N) is 1. The van der Waals surface area contributed by atoms with Crippen LogP contribution in [0.15, 0.2) is 12.2 Å². The summed E-state index contributed by atoms with van der Waals surface area (Å²) in [5.41, 5.74) is -0.124. The number of hydrogen-bond donors (Lipinski definition) is 1. The highest BCUT2D eigenvalue weighted by Crippen LogP contribution is 2.15. The summed E-state index contributed by atoms with van der Waals surface area (Å²) in [5, 5.41) is 0. The summed E-state index contributed by atoms with van der Waals surface area (Å²) < 4.78 is 29.1. The van der Waals surface area contributed by atoms with E-state index in [0.29, 0.717) is 5.57 Å². The summed E-state index contributed by atoms with van der Waals surface area (Å²) in [6, 6.07) is 0. The molecule has 0 aliphatic heterocycles. The number of rotatable bonds is 6. The molecule has 0 aliphatic rings. The molecule has 1 N–H and O–H groups in total. The van der Waals surface area contributed by atoms with E-state index >= 15 is 0 Å². The van der Waals surface area contributed by atoms with Crippen LogP contribution in [0.4, 0.5) is 0 Å².